The van der Waals surface area contributed by atoms with Crippen LogP contribution in [-0.4, -0.2) is 24.1 Å². The van der Waals surface area contributed by atoms with Crippen LogP contribution in [0.25, 0.3) is 0 Å². The molecule has 2 rings (SSSR count). The number of hydrogen-bond acceptors (Lipinski definition) is 3. The van der Waals surface area contributed by atoms with Gasteiger partial charge in [0.25, 0.3) is 0 Å². The molecule has 1 aliphatic rings. The summed E-state index contributed by atoms with van der Waals surface area (Å²) in [6, 6.07) is 7.11. The number of nitrogens with zero attached hydrogens (tertiary/aromatic N) is 1. The largest absolute Gasteiger partial charge is 0.326 e. The molecule has 5 nitrogen and oxygen atoms in total. The number of anilines is 2. The van der Waals surface area contributed by atoms with Gasteiger partial charge in [-0.05, 0) is 31.5 Å². The van der Waals surface area contributed by atoms with Crippen LogP contribution in [0.2, 0.25) is 0 Å². The Morgan fingerprint density at radius 1 is 1.37 bits per heavy atom. The Morgan fingerprint density at radius 3 is 2.79 bits per heavy atom. The first-order chi connectivity index (χ1) is 9.06. The quantitative estimate of drug-likeness (QED) is 0.838. The van der Waals surface area contributed by atoms with Crippen LogP contribution in [0.3, 0.4) is 0 Å². The summed E-state index contributed by atoms with van der Waals surface area (Å²) in [4.78, 5) is 35.7. The molecule has 0 spiro atoms. The number of rotatable bonds is 4. The lowest BCUT2D eigenvalue weighted by atomic mass is 10.2. The molecule has 100 valence electrons. The Bertz CT molecular complexity index is 525. The van der Waals surface area contributed by atoms with Gasteiger partial charge in [-0.2, -0.15) is 0 Å². The van der Waals surface area contributed by atoms with E-state index in [0.29, 0.717) is 18.7 Å². The van der Waals surface area contributed by atoms with E-state index in [-0.39, 0.29) is 24.0 Å². The van der Waals surface area contributed by atoms with Crippen LogP contribution < -0.4 is 10.2 Å². The molecule has 5 heteroatoms. The van der Waals surface area contributed by atoms with Crippen LogP contribution in [0, 0.1) is 0 Å². The lowest BCUT2D eigenvalue weighted by molar-refractivity contribution is -0.124. The molecule has 1 aromatic rings. The highest BCUT2D eigenvalue weighted by Crippen LogP contribution is 2.24. The second-order valence-electron chi connectivity index (χ2n) is 4.63. The van der Waals surface area contributed by atoms with Gasteiger partial charge in [-0.25, -0.2) is 0 Å². The van der Waals surface area contributed by atoms with Gasteiger partial charge in [0, 0.05) is 24.3 Å². The van der Waals surface area contributed by atoms with Gasteiger partial charge in [-0.1, -0.05) is 6.07 Å². The number of ketones is 1. The number of nitrogens with one attached hydrogen (secondary N) is 1. The summed E-state index contributed by atoms with van der Waals surface area (Å²) in [6.45, 7) is 2.09. The van der Waals surface area contributed by atoms with E-state index in [1.54, 1.807) is 23.1 Å². The first kappa shape index (κ1) is 13.3. The smallest absolute Gasteiger partial charge is 0.231 e. The van der Waals surface area contributed by atoms with Crippen molar-refractivity contribution in [3.05, 3.63) is 24.3 Å². The number of amides is 2. The molecule has 0 aromatic heterocycles. The Kier molecular flexibility index (Phi) is 3.94. The molecule has 19 heavy (non-hydrogen) atoms. The van der Waals surface area contributed by atoms with Crippen molar-refractivity contribution in [2.45, 2.75) is 26.2 Å². The molecule has 2 amide bonds. The minimum atomic E-state index is -0.336. The molecule has 0 aliphatic carbocycles. The zero-order chi connectivity index (χ0) is 13.8. The highest BCUT2D eigenvalue weighted by molar-refractivity contribution is 6.04. The highest BCUT2D eigenvalue weighted by Gasteiger charge is 2.21. The Morgan fingerprint density at radius 2 is 2.16 bits per heavy atom. The predicted molar refractivity (Wildman–Crippen MR) is 72.0 cm³/mol. The maximum Gasteiger partial charge on any atom is 0.231 e. The molecule has 1 saturated heterocycles. The topological polar surface area (TPSA) is 66.5 Å². The van der Waals surface area contributed by atoms with Crippen molar-refractivity contribution >= 4 is 29.0 Å². The number of Topliss-reactive ketones (excluding diaryl/α,β-unsaturated/α-hetero) is 1. The molecular weight excluding hydrogens is 244 g/mol. The van der Waals surface area contributed by atoms with E-state index in [2.05, 4.69) is 5.32 Å². The van der Waals surface area contributed by atoms with Crippen molar-refractivity contribution in [3.63, 3.8) is 0 Å². The molecular formula is C14H16N2O3. The van der Waals surface area contributed by atoms with Gasteiger partial charge in [0.05, 0.1) is 6.42 Å². The third-order valence-electron chi connectivity index (χ3n) is 2.92. The second-order valence-corrected chi connectivity index (χ2v) is 4.63. The fourth-order valence-electron chi connectivity index (χ4n) is 2.10. The molecule has 0 radical (unpaired) electrons. The zero-order valence-electron chi connectivity index (χ0n) is 10.8. The molecule has 1 N–H and O–H groups in total. The summed E-state index contributed by atoms with van der Waals surface area (Å²) < 4.78 is 0. The van der Waals surface area contributed by atoms with Crippen molar-refractivity contribution in [1.82, 2.24) is 0 Å². The van der Waals surface area contributed by atoms with Gasteiger partial charge < -0.3 is 10.2 Å². The van der Waals surface area contributed by atoms with Crippen molar-refractivity contribution in [1.29, 1.82) is 0 Å². The third-order valence-corrected chi connectivity index (χ3v) is 2.92. The first-order valence-electron chi connectivity index (χ1n) is 6.26. The minimum Gasteiger partial charge on any atom is -0.326 e. The number of benzene rings is 1. The summed E-state index contributed by atoms with van der Waals surface area (Å²) in [6.07, 6.45) is 1.30. The highest BCUT2D eigenvalue weighted by atomic mass is 16.2. The SMILES string of the molecule is CC(=O)CC(=O)Nc1cccc(N2CCCC2=O)c1. The Balaban J connectivity index is 2.09. The van der Waals surface area contributed by atoms with E-state index in [1.807, 2.05) is 6.07 Å². The molecule has 1 aliphatic heterocycles. The van der Waals surface area contributed by atoms with Crippen molar-refractivity contribution in [3.8, 4) is 0 Å². The number of carbonyl (C=O) groups is 3. The fourth-order valence-corrected chi connectivity index (χ4v) is 2.10. The van der Waals surface area contributed by atoms with Crippen LogP contribution in [0.1, 0.15) is 26.2 Å². The summed E-state index contributed by atoms with van der Waals surface area (Å²) in [7, 11) is 0. The standard InChI is InChI=1S/C14H16N2O3/c1-10(17)8-13(18)15-11-4-2-5-12(9-11)16-7-3-6-14(16)19/h2,4-5,9H,3,6-8H2,1H3,(H,15,18). The summed E-state index contributed by atoms with van der Waals surface area (Å²) in [5.41, 5.74) is 1.38. The molecule has 0 saturated carbocycles. The molecule has 0 bridgehead atoms. The number of carbonyl (C=O) groups excluding carboxylic acids is 3. The fraction of sp³-hybridized carbons (Fsp3) is 0.357. The van der Waals surface area contributed by atoms with E-state index >= 15 is 0 Å². The van der Waals surface area contributed by atoms with E-state index in [4.69, 9.17) is 0 Å². The average Bonchev–Trinajstić information content (AvgIpc) is 2.74. The summed E-state index contributed by atoms with van der Waals surface area (Å²) in [5.74, 6) is -0.409. The van der Waals surface area contributed by atoms with Crippen LogP contribution in [-0.2, 0) is 14.4 Å². The van der Waals surface area contributed by atoms with Crippen LogP contribution in [0.4, 0.5) is 11.4 Å². The van der Waals surface area contributed by atoms with E-state index in [1.165, 1.54) is 6.92 Å². The molecule has 0 unspecified atom stereocenters. The van der Waals surface area contributed by atoms with Crippen LogP contribution in [0.15, 0.2) is 24.3 Å². The maximum atomic E-state index is 11.6. The van der Waals surface area contributed by atoms with Gasteiger partial charge in [-0.3, -0.25) is 14.4 Å². The summed E-state index contributed by atoms with van der Waals surface area (Å²) in [5, 5.41) is 2.65. The van der Waals surface area contributed by atoms with Gasteiger partial charge in [0.15, 0.2) is 0 Å². The van der Waals surface area contributed by atoms with Gasteiger partial charge in [0.1, 0.15) is 5.78 Å². The lowest BCUT2D eigenvalue weighted by Crippen LogP contribution is -2.23. The molecule has 1 fully saturated rings. The maximum absolute atomic E-state index is 11.6. The molecule has 0 atom stereocenters. The second kappa shape index (κ2) is 5.65. The van der Waals surface area contributed by atoms with E-state index < -0.39 is 0 Å². The van der Waals surface area contributed by atoms with Crippen molar-refractivity contribution in [2.24, 2.45) is 0 Å². The van der Waals surface area contributed by atoms with E-state index in [9.17, 15) is 14.4 Å². The van der Waals surface area contributed by atoms with Crippen LogP contribution >= 0.6 is 0 Å². The predicted octanol–water partition coefficient (Wildman–Crippen LogP) is 1.73. The van der Waals surface area contributed by atoms with Gasteiger partial charge in [0.2, 0.25) is 11.8 Å². The summed E-state index contributed by atoms with van der Waals surface area (Å²) >= 11 is 0. The van der Waals surface area contributed by atoms with Crippen molar-refractivity contribution in [2.75, 3.05) is 16.8 Å². The average molecular weight is 260 g/mol. The zero-order valence-corrected chi connectivity index (χ0v) is 10.8. The minimum absolute atomic E-state index is 0.104. The number of hydrogen-bond donors (Lipinski definition) is 1. The lowest BCUT2D eigenvalue weighted by Gasteiger charge is -2.16. The van der Waals surface area contributed by atoms with Gasteiger partial charge >= 0.3 is 0 Å². The van der Waals surface area contributed by atoms with Gasteiger partial charge in [-0.15, -0.1) is 0 Å². The van der Waals surface area contributed by atoms with E-state index in [0.717, 1.165) is 12.1 Å². The Labute approximate surface area is 111 Å². The Hall–Kier alpha value is -2.17. The molecule has 1 aromatic carbocycles. The third kappa shape index (κ3) is 3.40. The molecule has 1 heterocycles. The van der Waals surface area contributed by atoms with Crippen molar-refractivity contribution < 1.29 is 14.4 Å². The normalized spacial score (nSPS) is 14.6. The monoisotopic (exact) mass is 260 g/mol. The first-order valence-corrected chi connectivity index (χ1v) is 6.26. The van der Waals surface area contributed by atoms with Crippen LogP contribution in [0.5, 0.6) is 0 Å².